The number of benzene rings is 3. The van der Waals surface area contributed by atoms with Crippen LogP contribution in [0.15, 0.2) is 102 Å². The highest BCUT2D eigenvalue weighted by Gasteiger charge is 2.14. The number of nitrogens with one attached hydrogen (secondary N) is 1. The molecular formula is C26H25N3O2. The van der Waals surface area contributed by atoms with Gasteiger partial charge in [-0.15, -0.1) is 0 Å². The number of rotatable bonds is 9. The minimum atomic E-state index is -0.0949. The molecule has 0 aliphatic carbocycles. The Morgan fingerprint density at radius 1 is 0.742 bits per heavy atom. The Labute approximate surface area is 182 Å². The normalized spacial score (nSPS) is 10.7. The molecule has 0 amide bonds. The zero-order chi connectivity index (χ0) is 21.3. The summed E-state index contributed by atoms with van der Waals surface area (Å²) >= 11 is 0. The van der Waals surface area contributed by atoms with Crippen LogP contribution in [-0.2, 0) is 26.2 Å². The van der Waals surface area contributed by atoms with E-state index in [9.17, 15) is 4.79 Å². The molecule has 0 saturated carbocycles. The zero-order valence-electron chi connectivity index (χ0n) is 17.3. The molecule has 3 aromatic carbocycles. The van der Waals surface area contributed by atoms with Gasteiger partial charge in [0.05, 0.1) is 12.1 Å². The van der Waals surface area contributed by atoms with E-state index in [0.29, 0.717) is 37.7 Å². The van der Waals surface area contributed by atoms with Crippen LogP contribution in [0.25, 0.3) is 0 Å². The summed E-state index contributed by atoms with van der Waals surface area (Å²) in [5.74, 6) is 0.374. The van der Waals surface area contributed by atoms with Crippen molar-refractivity contribution in [2.45, 2.75) is 26.2 Å². The Kier molecular flexibility index (Phi) is 6.88. The van der Waals surface area contributed by atoms with E-state index >= 15 is 0 Å². The molecule has 1 heterocycles. The number of aromatic nitrogens is 2. The highest BCUT2D eigenvalue weighted by atomic mass is 16.5. The van der Waals surface area contributed by atoms with E-state index in [-0.39, 0.29) is 5.56 Å². The van der Waals surface area contributed by atoms with Crippen LogP contribution < -0.4 is 15.6 Å². The van der Waals surface area contributed by atoms with Gasteiger partial charge in [-0.1, -0.05) is 91.0 Å². The highest BCUT2D eigenvalue weighted by molar-refractivity contribution is 5.25. The molecule has 0 unspecified atom stereocenters. The molecule has 0 radical (unpaired) electrons. The summed E-state index contributed by atoms with van der Waals surface area (Å²) in [5, 5.41) is 3.36. The van der Waals surface area contributed by atoms with Crippen LogP contribution in [0.5, 0.6) is 5.88 Å². The van der Waals surface area contributed by atoms with Gasteiger partial charge in [0.2, 0.25) is 5.88 Å². The third kappa shape index (κ3) is 5.68. The predicted molar refractivity (Wildman–Crippen MR) is 122 cm³/mol. The lowest BCUT2D eigenvalue weighted by molar-refractivity contribution is 0.286. The monoisotopic (exact) mass is 411 g/mol. The largest absolute Gasteiger partial charge is 0.472 e. The molecule has 156 valence electrons. The number of nitrogens with zero attached hydrogens (tertiary/aromatic N) is 2. The van der Waals surface area contributed by atoms with Gasteiger partial charge in [0.1, 0.15) is 12.9 Å². The average Bonchev–Trinajstić information content (AvgIpc) is 2.83. The van der Waals surface area contributed by atoms with Gasteiger partial charge in [-0.05, 0) is 16.7 Å². The quantitative estimate of drug-likeness (QED) is 0.449. The molecular weight excluding hydrogens is 386 g/mol. The first-order valence-corrected chi connectivity index (χ1v) is 10.3. The molecule has 0 fully saturated rings. The van der Waals surface area contributed by atoms with E-state index in [2.05, 4.69) is 22.4 Å². The van der Waals surface area contributed by atoms with E-state index in [1.807, 2.05) is 78.9 Å². The SMILES string of the molecule is O=c1c(CNCc2ccccc2)c(OCc2ccccc2)ncn1Cc1ccccc1. The smallest absolute Gasteiger partial charge is 0.261 e. The lowest BCUT2D eigenvalue weighted by atomic mass is 10.2. The summed E-state index contributed by atoms with van der Waals surface area (Å²) in [4.78, 5) is 17.7. The van der Waals surface area contributed by atoms with Crippen molar-refractivity contribution in [1.29, 1.82) is 0 Å². The summed E-state index contributed by atoms with van der Waals surface area (Å²) in [5.41, 5.74) is 3.67. The molecule has 0 atom stereocenters. The predicted octanol–water partition coefficient (Wildman–Crippen LogP) is 4.16. The van der Waals surface area contributed by atoms with Crippen molar-refractivity contribution in [2.24, 2.45) is 0 Å². The van der Waals surface area contributed by atoms with Crippen LogP contribution in [0.1, 0.15) is 22.3 Å². The number of hydrogen-bond donors (Lipinski definition) is 1. The molecule has 1 aromatic heterocycles. The van der Waals surface area contributed by atoms with Gasteiger partial charge in [0.25, 0.3) is 5.56 Å². The summed E-state index contributed by atoms with van der Waals surface area (Å²) in [7, 11) is 0. The Morgan fingerprint density at radius 2 is 1.32 bits per heavy atom. The van der Waals surface area contributed by atoms with Gasteiger partial charge in [0, 0.05) is 13.1 Å². The fraction of sp³-hybridized carbons (Fsp3) is 0.154. The third-order valence-electron chi connectivity index (χ3n) is 4.98. The number of ether oxygens (including phenoxy) is 1. The number of hydrogen-bond acceptors (Lipinski definition) is 4. The lowest BCUT2D eigenvalue weighted by Gasteiger charge is -2.14. The second-order valence-electron chi connectivity index (χ2n) is 7.31. The molecule has 0 saturated heterocycles. The second kappa shape index (κ2) is 10.4. The van der Waals surface area contributed by atoms with Crippen LogP contribution in [0.4, 0.5) is 0 Å². The van der Waals surface area contributed by atoms with Crippen molar-refractivity contribution >= 4 is 0 Å². The topological polar surface area (TPSA) is 56.1 Å². The molecule has 5 nitrogen and oxygen atoms in total. The summed E-state index contributed by atoms with van der Waals surface area (Å²) in [6, 6.07) is 29.9. The van der Waals surface area contributed by atoms with E-state index in [1.165, 1.54) is 0 Å². The van der Waals surface area contributed by atoms with Crippen molar-refractivity contribution in [3.63, 3.8) is 0 Å². The second-order valence-corrected chi connectivity index (χ2v) is 7.31. The molecule has 0 spiro atoms. The van der Waals surface area contributed by atoms with E-state index in [0.717, 1.165) is 16.7 Å². The van der Waals surface area contributed by atoms with Crippen molar-refractivity contribution in [3.8, 4) is 5.88 Å². The molecule has 31 heavy (non-hydrogen) atoms. The van der Waals surface area contributed by atoms with Crippen molar-refractivity contribution in [3.05, 3.63) is 130 Å². The summed E-state index contributed by atoms with van der Waals surface area (Å²) < 4.78 is 7.58. The van der Waals surface area contributed by atoms with Crippen molar-refractivity contribution < 1.29 is 4.74 Å². The van der Waals surface area contributed by atoms with Crippen LogP contribution >= 0.6 is 0 Å². The van der Waals surface area contributed by atoms with Gasteiger partial charge >= 0.3 is 0 Å². The first-order chi connectivity index (χ1) is 15.3. The lowest BCUT2D eigenvalue weighted by Crippen LogP contribution is -2.29. The van der Waals surface area contributed by atoms with Crippen molar-refractivity contribution in [1.82, 2.24) is 14.9 Å². The van der Waals surface area contributed by atoms with Gasteiger partial charge < -0.3 is 10.1 Å². The maximum absolute atomic E-state index is 13.3. The average molecular weight is 412 g/mol. The fourth-order valence-electron chi connectivity index (χ4n) is 3.34. The first-order valence-electron chi connectivity index (χ1n) is 10.3. The molecule has 4 aromatic rings. The minimum Gasteiger partial charge on any atom is -0.472 e. The molecule has 1 N–H and O–H groups in total. The standard InChI is InChI=1S/C26H25N3O2/c30-26-24(17-27-16-21-10-4-1-5-11-21)25(31-19-23-14-8-3-9-15-23)28-20-29(26)18-22-12-6-2-7-13-22/h1-15,20,27H,16-19H2. The van der Waals surface area contributed by atoms with Gasteiger partial charge in [0.15, 0.2) is 0 Å². The van der Waals surface area contributed by atoms with Crippen molar-refractivity contribution in [2.75, 3.05) is 0 Å². The maximum Gasteiger partial charge on any atom is 0.261 e. The first kappa shape index (κ1) is 20.6. The van der Waals surface area contributed by atoms with E-state index in [4.69, 9.17) is 4.74 Å². The minimum absolute atomic E-state index is 0.0949. The Balaban J connectivity index is 1.55. The van der Waals surface area contributed by atoms with Crippen LogP contribution in [0.3, 0.4) is 0 Å². The zero-order valence-corrected chi connectivity index (χ0v) is 17.3. The molecule has 0 bridgehead atoms. The summed E-state index contributed by atoms with van der Waals surface area (Å²) in [6.45, 7) is 1.87. The van der Waals surface area contributed by atoms with Gasteiger partial charge in [-0.25, -0.2) is 4.98 Å². The van der Waals surface area contributed by atoms with Gasteiger partial charge in [-0.2, -0.15) is 0 Å². The third-order valence-corrected chi connectivity index (χ3v) is 4.98. The van der Waals surface area contributed by atoms with E-state index in [1.54, 1.807) is 10.9 Å². The maximum atomic E-state index is 13.3. The van der Waals surface area contributed by atoms with Gasteiger partial charge in [-0.3, -0.25) is 9.36 Å². The van der Waals surface area contributed by atoms with E-state index < -0.39 is 0 Å². The van der Waals surface area contributed by atoms with Crippen LogP contribution in [-0.4, -0.2) is 9.55 Å². The molecule has 4 rings (SSSR count). The van der Waals surface area contributed by atoms with Crippen LogP contribution in [0.2, 0.25) is 0 Å². The Bertz CT molecular complexity index is 1140. The summed E-state index contributed by atoms with van der Waals surface area (Å²) in [6.07, 6.45) is 1.57. The fourth-order valence-corrected chi connectivity index (χ4v) is 3.34. The molecule has 0 aliphatic heterocycles. The van der Waals surface area contributed by atoms with Crippen LogP contribution in [0, 0.1) is 0 Å². The Morgan fingerprint density at radius 3 is 1.97 bits per heavy atom. The molecule has 0 aliphatic rings. The Hall–Kier alpha value is -3.70. The highest BCUT2D eigenvalue weighted by Crippen LogP contribution is 2.14. The molecule has 5 heteroatoms.